The van der Waals surface area contributed by atoms with Gasteiger partial charge in [0, 0.05) is 50.4 Å². The van der Waals surface area contributed by atoms with Gasteiger partial charge in [0.15, 0.2) is 5.96 Å². The topological polar surface area (TPSA) is 65.4 Å². The zero-order valence-corrected chi connectivity index (χ0v) is 15.1. The molecule has 1 atom stereocenters. The Labute approximate surface area is 149 Å². The van der Waals surface area contributed by atoms with E-state index in [9.17, 15) is 13.2 Å². The lowest BCUT2D eigenvalue weighted by molar-refractivity contribution is -0.141. The van der Waals surface area contributed by atoms with Crippen LogP contribution < -0.4 is 10.6 Å². The fourth-order valence-electron chi connectivity index (χ4n) is 2.44. The molecule has 1 unspecified atom stereocenters. The SMILES string of the molecule is CCC1CN(C(=NC)NCCNc2nccc(C(F)(F)F)n2)CCS1. The number of thioether (sulfide) groups is 1. The number of aliphatic imine (C=N–C) groups is 1. The van der Waals surface area contributed by atoms with E-state index in [1.54, 1.807) is 7.05 Å². The summed E-state index contributed by atoms with van der Waals surface area (Å²) in [7, 11) is 1.73. The summed E-state index contributed by atoms with van der Waals surface area (Å²) in [6, 6.07) is 0.851. The molecule has 1 aromatic rings. The molecule has 1 fully saturated rings. The molecule has 1 aliphatic heterocycles. The fraction of sp³-hybridized carbons (Fsp3) is 0.667. The number of aromatic nitrogens is 2. The lowest BCUT2D eigenvalue weighted by Gasteiger charge is -2.34. The number of rotatable bonds is 5. The normalized spacial score (nSPS) is 19.0. The summed E-state index contributed by atoms with van der Waals surface area (Å²) in [5.74, 6) is 1.84. The number of nitrogens with zero attached hydrogens (tertiary/aromatic N) is 4. The molecular weight excluding hydrogens is 353 g/mol. The number of nitrogens with one attached hydrogen (secondary N) is 2. The summed E-state index contributed by atoms with van der Waals surface area (Å²) in [5.41, 5.74) is -0.954. The van der Waals surface area contributed by atoms with Crippen LogP contribution in [0.5, 0.6) is 0 Å². The van der Waals surface area contributed by atoms with E-state index < -0.39 is 11.9 Å². The highest BCUT2D eigenvalue weighted by molar-refractivity contribution is 8.00. The molecule has 2 rings (SSSR count). The highest BCUT2D eigenvalue weighted by Crippen LogP contribution is 2.27. The third-order valence-electron chi connectivity index (χ3n) is 3.74. The molecule has 0 amide bonds. The molecule has 2 N–H and O–H groups in total. The molecule has 1 aromatic heterocycles. The highest BCUT2D eigenvalue weighted by Gasteiger charge is 2.32. The van der Waals surface area contributed by atoms with Crippen molar-refractivity contribution in [2.45, 2.75) is 24.8 Å². The van der Waals surface area contributed by atoms with E-state index >= 15 is 0 Å². The Hall–Kier alpha value is -1.71. The van der Waals surface area contributed by atoms with Gasteiger partial charge in [0.25, 0.3) is 0 Å². The van der Waals surface area contributed by atoms with E-state index in [1.807, 2.05) is 11.8 Å². The largest absolute Gasteiger partial charge is 0.433 e. The van der Waals surface area contributed by atoms with Crippen molar-refractivity contribution < 1.29 is 13.2 Å². The average Bonchev–Trinajstić information content (AvgIpc) is 2.61. The molecule has 1 aliphatic rings. The maximum absolute atomic E-state index is 12.6. The Bertz CT molecular complexity index is 581. The van der Waals surface area contributed by atoms with E-state index in [2.05, 4.69) is 37.4 Å². The highest BCUT2D eigenvalue weighted by atomic mass is 32.2. The summed E-state index contributed by atoms with van der Waals surface area (Å²) >= 11 is 1.98. The minimum absolute atomic E-state index is 0.0352. The van der Waals surface area contributed by atoms with Crippen molar-refractivity contribution in [3.05, 3.63) is 18.0 Å². The van der Waals surface area contributed by atoms with Gasteiger partial charge in [-0.05, 0) is 12.5 Å². The van der Waals surface area contributed by atoms with Crippen LogP contribution in [-0.2, 0) is 6.18 Å². The second-order valence-corrected chi connectivity index (χ2v) is 6.92. The molecule has 0 spiro atoms. The van der Waals surface area contributed by atoms with Gasteiger partial charge in [0.05, 0.1) is 0 Å². The number of hydrogen-bond acceptors (Lipinski definition) is 5. The van der Waals surface area contributed by atoms with Crippen molar-refractivity contribution in [1.82, 2.24) is 20.2 Å². The first-order valence-corrected chi connectivity index (χ1v) is 9.20. The van der Waals surface area contributed by atoms with Crippen molar-refractivity contribution in [2.24, 2.45) is 4.99 Å². The molecule has 140 valence electrons. The van der Waals surface area contributed by atoms with Crippen LogP contribution >= 0.6 is 11.8 Å². The third-order valence-corrected chi connectivity index (χ3v) is 5.11. The van der Waals surface area contributed by atoms with Crippen LogP contribution in [0.1, 0.15) is 19.0 Å². The summed E-state index contributed by atoms with van der Waals surface area (Å²) < 4.78 is 37.9. The first-order valence-electron chi connectivity index (χ1n) is 8.15. The van der Waals surface area contributed by atoms with Gasteiger partial charge in [-0.1, -0.05) is 6.92 Å². The van der Waals surface area contributed by atoms with Gasteiger partial charge in [-0.25, -0.2) is 9.97 Å². The molecule has 0 saturated carbocycles. The number of guanidine groups is 1. The Kier molecular flexibility index (Phi) is 7.15. The van der Waals surface area contributed by atoms with E-state index in [0.717, 1.165) is 43.5 Å². The van der Waals surface area contributed by atoms with Gasteiger partial charge >= 0.3 is 6.18 Å². The lowest BCUT2D eigenvalue weighted by Crippen LogP contribution is -2.48. The van der Waals surface area contributed by atoms with Gasteiger partial charge in [-0.3, -0.25) is 4.99 Å². The quantitative estimate of drug-likeness (QED) is 0.467. The molecule has 10 heteroatoms. The minimum Gasteiger partial charge on any atom is -0.354 e. The average molecular weight is 376 g/mol. The van der Waals surface area contributed by atoms with Crippen LogP contribution in [0.25, 0.3) is 0 Å². The first-order chi connectivity index (χ1) is 11.9. The molecule has 1 saturated heterocycles. The smallest absolute Gasteiger partial charge is 0.354 e. The number of alkyl halides is 3. The fourth-order valence-corrected chi connectivity index (χ4v) is 3.62. The minimum atomic E-state index is -4.47. The Morgan fingerprint density at radius 2 is 2.24 bits per heavy atom. The Balaban J connectivity index is 1.80. The van der Waals surface area contributed by atoms with Crippen LogP contribution in [0.4, 0.5) is 19.1 Å². The van der Waals surface area contributed by atoms with E-state index in [-0.39, 0.29) is 5.95 Å². The monoisotopic (exact) mass is 376 g/mol. The maximum atomic E-state index is 12.6. The summed E-state index contributed by atoms with van der Waals surface area (Å²) in [6.45, 7) is 4.96. The van der Waals surface area contributed by atoms with Gasteiger partial charge in [0.1, 0.15) is 5.69 Å². The molecule has 0 aliphatic carbocycles. The van der Waals surface area contributed by atoms with Gasteiger partial charge in [-0.15, -0.1) is 0 Å². The lowest BCUT2D eigenvalue weighted by atomic mass is 10.3. The van der Waals surface area contributed by atoms with Crippen molar-refractivity contribution in [1.29, 1.82) is 0 Å². The molecule has 25 heavy (non-hydrogen) atoms. The third kappa shape index (κ3) is 5.94. The summed E-state index contributed by atoms with van der Waals surface area (Å²) in [6.07, 6.45) is -2.25. The molecular formula is C15H23F3N6S. The maximum Gasteiger partial charge on any atom is 0.433 e. The first kappa shape index (κ1) is 19.6. The predicted octanol–water partition coefficient (Wildman–Crippen LogP) is 2.31. The predicted molar refractivity (Wildman–Crippen MR) is 95.0 cm³/mol. The Morgan fingerprint density at radius 1 is 1.44 bits per heavy atom. The van der Waals surface area contributed by atoms with Crippen LogP contribution in [0.3, 0.4) is 0 Å². The summed E-state index contributed by atoms with van der Waals surface area (Å²) in [5, 5.41) is 6.62. The van der Waals surface area contributed by atoms with E-state index in [4.69, 9.17) is 0 Å². The van der Waals surface area contributed by atoms with E-state index in [1.165, 1.54) is 0 Å². The molecule has 0 radical (unpaired) electrons. The van der Waals surface area contributed by atoms with Gasteiger partial charge < -0.3 is 15.5 Å². The van der Waals surface area contributed by atoms with Gasteiger partial charge in [-0.2, -0.15) is 24.9 Å². The van der Waals surface area contributed by atoms with E-state index in [0.29, 0.717) is 18.3 Å². The van der Waals surface area contributed by atoms with Crippen LogP contribution in [-0.4, -0.2) is 65.1 Å². The van der Waals surface area contributed by atoms with Crippen LogP contribution in [0, 0.1) is 0 Å². The zero-order chi connectivity index (χ0) is 18.3. The molecule has 2 heterocycles. The zero-order valence-electron chi connectivity index (χ0n) is 14.3. The molecule has 6 nitrogen and oxygen atoms in total. The number of anilines is 1. The van der Waals surface area contributed by atoms with Crippen LogP contribution in [0.15, 0.2) is 17.3 Å². The second kappa shape index (κ2) is 9.12. The van der Waals surface area contributed by atoms with Crippen molar-refractivity contribution >= 4 is 23.7 Å². The summed E-state index contributed by atoms with van der Waals surface area (Å²) in [4.78, 5) is 13.8. The van der Waals surface area contributed by atoms with Crippen molar-refractivity contribution in [3.63, 3.8) is 0 Å². The standard InChI is InChI=1S/C15H23F3N6S/c1-3-11-10-24(8-9-25-11)14(19-2)22-7-6-21-13-20-5-4-12(23-13)15(16,17)18/h4-5,11H,3,6-10H2,1-2H3,(H,19,22)(H,20,21,23). The molecule has 0 bridgehead atoms. The number of halogens is 3. The van der Waals surface area contributed by atoms with Crippen molar-refractivity contribution in [3.8, 4) is 0 Å². The van der Waals surface area contributed by atoms with Crippen LogP contribution in [0.2, 0.25) is 0 Å². The second-order valence-electron chi connectivity index (χ2n) is 5.51. The molecule has 0 aromatic carbocycles. The number of hydrogen-bond donors (Lipinski definition) is 2. The van der Waals surface area contributed by atoms with Crippen molar-refractivity contribution in [2.75, 3.05) is 44.3 Å². The van der Waals surface area contributed by atoms with Gasteiger partial charge in [0.2, 0.25) is 5.95 Å². The Morgan fingerprint density at radius 3 is 2.92 bits per heavy atom.